The van der Waals surface area contributed by atoms with Crippen LogP contribution in [0.25, 0.3) is 0 Å². The van der Waals surface area contributed by atoms with Crippen LogP contribution < -0.4 is 0 Å². The zero-order valence-corrected chi connectivity index (χ0v) is 11.7. The lowest BCUT2D eigenvalue weighted by Gasteiger charge is -2.03. The van der Waals surface area contributed by atoms with Crippen molar-refractivity contribution in [3.05, 3.63) is 0 Å². The average Bonchev–Trinajstić information content (AvgIpc) is 2.04. The van der Waals surface area contributed by atoms with Crippen LogP contribution in [0, 0.1) is 11.8 Å². The van der Waals surface area contributed by atoms with Crippen LogP contribution in [-0.4, -0.2) is 40.6 Å². The number of hydrogen-bond acceptors (Lipinski definition) is 1. The molecule has 0 heterocycles. The van der Waals surface area contributed by atoms with Crippen molar-refractivity contribution in [1.29, 1.82) is 0 Å². The van der Waals surface area contributed by atoms with Gasteiger partial charge in [-0.3, -0.25) is 4.79 Å². The van der Waals surface area contributed by atoms with Crippen LogP contribution in [0.15, 0.2) is 0 Å². The summed E-state index contributed by atoms with van der Waals surface area (Å²) in [6.07, 6.45) is 0.750. The highest BCUT2D eigenvalue weighted by atomic mass is 27.1. The zero-order valence-electron chi connectivity index (χ0n) is 10.6. The Morgan fingerprint density at radius 1 is 1.07 bits per heavy atom. The molecule has 3 heteroatoms. The standard InChI is InChI=1S/2C4H9.C3H7NO.Al/c2*1-4(2)3;1-4(2)3-5;/h2*4H,1H2,2-3H3;3H,1-2H3;. The van der Waals surface area contributed by atoms with Crippen molar-refractivity contribution in [3.63, 3.8) is 0 Å². The molecule has 0 N–H and O–H groups in total. The van der Waals surface area contributed by atoms with E-state index in [4.69, 9.17) is 0 Å². The fourth-order valence-electron chi connectivity index (χ4n) is 0.763. The van der Waals surface area contributed by atoms with E-state index in [-0.39, 0.29) is 0 Å². The lowest BCUT2D eigenvalue weighted by atomic mass is 10.3. The van der Waals surface area contributed by atoms with Crippen LogP contribution in [0.2, 0.25) is 10.6 Å². The molecule has 1 radical (unpaired) electrons. The highest BCUT2D eigenvalue weighted by Crippen LogP contribution is 2.05. The minimum absolute atomic E-state index is 0.750. The number of carbonyl (C=O) groups is 1. The number of rotatable bonds is 5. The third-order valence-electron chi connectivity index (χ3n) is 1.49. The van der Waals surface area contributed by atoms with Gasteiger partial charge in [-0.2, -0.15) is 0 Å². The summed E-state index contributed by atoms with van der Waals surface area (Å²) in [7, 11) is 3.38. The largest absolute Gasteiger partial charge is 0.351 e. The van der Waals surface area contributed by atoms with Crippen molar-refractivity contribution in [1.82, 2.24) is 4.90 Å². The van der Waals surface area contributed by atoms with E-state index in [9.17, 15) is 4.79 Å². The third kappa shape index (κ3) is 22.7. The molecule has 0 spiro atoms. The summed E-state index contributed by atoms with van der Waals surface area (Å²) < 4.78 is 0. The number of carbonyl (C=O) groups excluding carboxylic acids is 1. The van der Waals surface area contributed by atoms with Gasteiger partial charge in [0.25, 0.3) is 0 Å². The molecular formula is C11H25AlNO. The van der Waals surface area contributed by atoms with Crippen LogP contribution in [-0.2, 0) is 4.79 Å². The van der Waals surface area contributed by atoms with Crippen molar-refractivity contribution >= 4 is 21.6 Å². The topological polar surface area (TPSA) is 20.3 Å². The van der Waals surface area contributed by atoms with Crippen LogP contribution >= 0.6 is 0 Å². The predicted molar refractivity (Wildman–Crippen MR) is 64.8 cm³/mol. The molecule has 0 aliphatic heterocycles. The maximum Gasteiger partial charge on any atom is 0.209 e. The molecule has 1 amide bonds. The van der Waals surface area contributed by atoms with Gasteiger partial charge in [-0.25, -0.2) is 0 Å². The van der Waals surface area contributed by atoms with E-state index in [1.54, 1.807) is 14.1 Å². The van der Waals surface area contributed by atoms with Crippen LogP contribution in [0.1, 0.15) is 27.7 Å². The molecule has 0 rings (SSSR count). The third-order valence-corrected chi connectivity index (χ3v) is 4.04. The highest BCUT2D eigenvalue weighted by Gasteiger charge is 1.98. The Bertz CT molecular complexity index is 116. The summed E-state index contributed by atoms with van der Waals surface area (Å²) in [4.78, 5) is 10.9. The molecule has 0 aromatic heterocycles. The molecular weight excluding hydrogens is 189 g/mol. The van der Waals surface area contributed by atoms with Crippen LogP contribution in [0.3, 0.4) is 0 Å². The molecule has 0 atom stereocenters. The van der Waals surface area contributed by atoms with E-state index >= 15 is 0 Å². The monoisotopic (exact) mass is 214 g/mol. The zero-order chi connectivity index (χ0) is 11.6. The summed E-state index contributed by atoms with van der Waals surface area (Å²) in [6, 6.07) is 0. The van der Waals surface area contributed by atoms with Crippen molar-refractivity contribution < 1.29 is 4.79 Å². The van der Waals surface area contributed by atoms with Gasteiger partial charge in [-0.15, -0.1) is 10.6 Å². The first-order chi connectivity index (χ1) is 6.40. The lowest BCUT2D eigenvalue weighted by Crippen LogP contribution is -2.06. The molecule has 2 nitrogen and oxygen atoms in total. The number of nitrogens with zero attached hydrogens (tertiary/aromatic N) is 1. The number of amides is 1. The van der Waals surface area contributed by atoms with Crippen LogP contribution in [0.4, 0.5) is 0 Å². The van der Waals surface area contributed by atoms with Gasteiger partial charge in [0, 0.05) is 14.1 Å². The van der Waals surface area contributed by atoms with E-state index in [1.807, 2.05) is 0 Å². The van der Waals surface area contributed by atoms with E-state index < -0.39 is 0 Å². The van der Waals surface area contributed by atoms with Gasteiger partial charge in [0.1, 0.15) is 0 Å². The first kappa shape index (κ1) is 16.4. The van der Waals surface area contributed by atoms with Crippen molar-refractivity contribution in [2.24, 2.45) is 11.8 Å². The Kier molecular flexibility index (Phi) is 13.0. The highest BCUT2D eigenvalue weighted by molar-refractivity contribution is 6.35. The molecule has 14 heavy (non-hydrogen) atoms. The molecule has 0 aliphatic rings. The first-order valence-corrected chi connectivity index (χ1v) is 6.96. The summed E-state index contributed by atoms with van der Waals surface area (Å²) >= 11 is 0.755. The number of hydrogen-bond donors (Lipinski definition) is 0. The Balaban J connectivity index is 0. The fourth-order valence-corrected chi connectivity index (χ4v) is 2.29. The van der Waals surface area contributed by atoms with Gasteiger partial charge in [-0.05, 0) is 0 Å². The molecule has 0 saturated carbocycles. The van der Waals surface area contributed by atoms with Gasteiger partial charge >= 0.3 is 0 Å². The second-order valence-corrected chi connectivity index (χ2v) is 6.14. The molecule has 0 aromatic carbocycles. The molecule has 0 fully saturated rings. The molecule has 0 saturated heterocycles. The summed E-state index contributed by atoms with van der Waals surface area (Å²) in [6.45, 7) is 9.25. The predicted octanol–water partition coefficient (Wildman–Crippen LogP) is 2.54. The quantitative estimate of drug-likeness (QED) is 0.509. The first-order valence-electron chi connectivity index (χ1n) is 5.33. The van der Waals surface area contributed by atoms with Gasteiger partial charge < -0.3 is 4.90 Å². The average molecular weight is 214 g/mol. The van der Waals surface area contributed by atoms with Crippen molar-refractivity contribution in [3.8, 4) is 0 Å². The van der Waals surface area contributed by atoms with Gasteiger partial charge in [0.2, 0.25) is 21.6 Å². The van der Waals surface area contributed by atoms with Gasteiger partial charge in [-0.1, -0.05) is 39.5 Å². The van der Waals surface area contributed by atoms with Crippen molar-refractivity contribution in [2.75, 3.05) is 14.1 Å². The molecule has 0 bridgehead atoms. The Morgan fingerprint density at radius 2 is 1.36 bits per heavy atom. The second kappa shape index (κ2) is 11.1. The van der Waals surface area contributed by atoms with E-state index in [1.165, 1.54) is 15.5 Å². The Labute approximate surface area is 95.8 Å². The van der Waals surface area contributed by atoms with E-state index in [0.717, 1.165) is 33.5 Å². The summed E-state index contributed by atoms with van der Waals surface area (Å²) in [5, 5.41) is 2.97. The Hall–Kier alpha value is 0.00247. The summed E-state index contributed by atoms with van der Waals surface area (Å²) in [5.74, 6) is 1.86. The fraction of sp³-hybridized carbons (Fsp3) is 0.909. The lowest BCUT2D eigenvalue weighted by molar-refractivity contribution is -0.115. The second-order valence-electron chi connectivity index (χ2n) is 4.62. The van der Waals surface area contributed by atoms with Crippen LogP contribution in [0.5, 0.6) is 0 Å². The SMILES string of the molecule is CC(C)[CH2][Al][CH2]C(C)C.CN(C)C=O. The minimum atomic E-state index is 0.750. The normalized spacial score (nSPS) is 9.43. The summed E-state index contributed by atoms with van der Waals surface area (Å²) in [5.41, 5.74) is 0. The van der Waals surface area contributed by atoms with Gasteiger partial charge in [0.15, 0.2) is 0 Å². The molecule has 0 aliphatic carbocycles. The van der Waals surface area contributed by atoms with Crippen molar-refractivity contribution in [2.45, 2.75) is 38.3 Å². The molecule has 0 aromatic rings. The smallest absolute Gasteiger partial charge is 0.209 e. The Morgan fingerprint density at radius 3 is 1.50 bits per heavy atom. The van der Waals surface area contributed by atoms with E-state index in [0.29, 0.717) is 0 Å². The minimum Gasteiger partial charge on any atom is -0.351 e. The van der Waals surface area contributed by atoms with Gasteiger partial charge in [0.05, 0.1) is 0 Å². The molecule has 0 unspecified atom stereocenters. The van der Waals surface area contributed by atoms with E-state index in [2.05, 4.69) is 27.7 Å². The molecule has 83 valence electrons. The maximum absolute atomic E-state index is 9.43. The maximum atomic E-state index is 9.43.